The summed E-state index contributed by atoms with van der Waals surface area (Å²) in [6.07, 6.45) is 0.802. The van der Waals surface area contributed by atoms with Crippen LogP contribution in [0.3, 0.4) is 0 Å². The van der Waals surface area contributed by atoms with E-state index in [1.165, 1.54) is 0 Å². The Kier molecular flexibility index (Phi) is 6.77. The van der Waals surface area contributed by atoms with Gasteiger partial charge in [0.25, 0.3) is 0 Å². The van der Waals surface area contributed by atoms with Gasteiger partial charge in [-0.1, -0.05) is 0 Å². The Hall–Kier alpha value is -1.08. The van der Waals surface area contributed by atoms with Crippen LogP contribution < -0.4 is 5.32 Å². The smallest absolute Gasteiger partial charge is 0.307 e. The Balaban J connectivity index is 3.69. The second-order valence-electron chi connectivity index (χ2n) is 3.34. The highest BCUT2D eigenvalue weighted by Crippen LogP contribution is 1.98. The fraction of sp³-hybridized carbons (Fsp3) is 0.800. The number of carbonyl (C=O) groups excluding carboxylic acids is 1. The van der Waals surface area contributed by atoms with Gasteiger partial charge >= 0.3 is 5.97 Å². The predicted octanol–water partition coefficient (Wildman–Crippen LogP) is 1.22. The number of carbonyl (C=O) groups is 1. The van der Waals surface area contributed by atoms with Crippen LogP contribution in [0.4, 0.5) is 0 Å². The standard InChI is InChI=1S/C10H18N2O2/c1-4-14-10(13)7-9(3)12-8(2)5-6-11/h8-9,12H,4-5,7H2,1-3H3/t8-,9?/m0/s1. The molecule has 0 aromatic heterocycles. The molecule has 0 heterocycles. The Morgan fingerprint density at radius 1 is 1.50 bits per heavy atom. The zero-order valence-corrected chi connectivity index (χ0v) is 9.04. The van der Waals surface area contributed by atoms with E-state index in [1.807, 2.05) is 13.8 Å². The van der Waals surface area contributed by atoms with Crippen molar-refractivity contribution in [3.05, 3.63) is 0 Å². The number of hydrogen-bond donors (Lipinski definition) is 1. The molecule has 0 amide bonds. The quantitative estimate of drug-likeness (QED) is 0.652. The molecule has 0 aliphatic heterocycles. The summed E-state index contributed by atoms with van der Waals surface area (Å²) in [7, 11) is 0. The maximum absolute atomic E-state index is 11.1. The molecule has 14 heavy (non-hydrogen) atoms. The molecular formula is C10H18N2O2. The van der Waals surface area contributed by atoms with E-state index in [-0.39, 0.29) is 18.1 Å². The lowest BCUT2D eigenvalue weighted by atomic mass is 10.2. The van der Waals surface area contributed by atoms with Crippen molar-refractivity contribution < 1.29 is 9.53 Å². The SMILES string of the molecule is CCOC(=O)CC(C)N[C@@H](C)CC#N. The van der Waals surface area contributed by atoms with Crippen LogP contribution in [0.1, 0.15) is 33.6 Å². The molecule has 0 aliphatic rings. The van der Waals surface area contributed by atoms with Crippen molar-refractivity contribution in [2.24, 2.45) is 0 Å². The normalized spacial score (nSPS) is 14.1. The van der Waals surface area contributed by atoms with Crippen LogP contribution >= 0.6 is 0 Å². The van der Waals surface area contributed by atoms with E-state index in [9.17, 15) is 4.79 Å². The largest absolute Gasteiger partial charge is 0.466 e. The van der Waals surface area contributed by atoms with Crippen LogP contribution in [-0.4, -0.2) is 24.7 Å². The van der Waals surface area contributed by atoms with Gasteiger partial charge in [-0.15, -0.1) is 0 Å². The lowest BCUT2D eigenvalue weighted by Crippen LogP contribution is -2.36. The van der Waals surface area contributed by atoms with E-state index in [0.717, 1.165) is 0 Å². The highest BCUT2D eigenvalue weighted by Gasteiger charge is 2.11. The molecule has 1 unspecified atom stereocenters. The Morgan fingerprint density at radius 3 is 2.64 bits per heavy atom. The molecule has 0 saturated carbocycles. The van der Waals surface area contributed by atoms with Gasteiger partial charge in [-0.2, -0.15) is 5.26 Å². The summed E-state index contributed by atoms with van der Waals surface area (Å²) >= 11 is 0. The van der Waals surface area contributed by atoms with Crippen LogP contribution in [0, 0.1) is 11.3 Å². The summed E-state index contributed by atoms with van der Waals surface area (Å²) in [4.78, 5) is 11.1. The van der Waals surface area contributed by atoms with Crippen LogP contribution in [-0.2, 0) is 9.53 Å². The molecule has 0 rings (SSSR count). The number of nitriles is 1. The highest BCUT2D eigenvalue weighted by atomic mass is 16.5. The maximum atomic E-state index is 11.1. The van der Waals surface area contributed by atoms with Crippen LogP contribution in [0.2, 0.25) is 0 Å². The third-order valence-electron chi connectivity index (χ3n) is 1.74. The number of rotatable bonds is 6. The van der Waals surface area contributed by atoms with Crippen molar-refractivity contribution in [2.45, 2.75) is 45.7 Å². The van der Waals surface area contributed by atoms with Gasteiger partial charge < -0.3 is 10.1 Å². The summed E-state index contributed by atoms with van der Waals surface area (Å²) in [6.45, 7) is 6.03. The molecule has 4 heteroatoms. The lowest BCUT2D eigenvalue weighted by molar-refractivity contribution is -0.143. The first-order valence-electron chi connectivity index (χ1n) is 4.88. The first-order valence-corrected chi connectivity index (χ1v) is 4.88. The van der Waals surface area contributed by atoms with Gasteiger partial charge in [0, 0.05) is 12.1 Å². The van der Waals surface area contributed by atoms with Crippen LogP contribution in [0.15, 0.2) is 0 Å². The van der Waals surface area contributed by atoms with E-state index < -0.39 is 0 Å². The molecular weight excluding hydrogens is 180 g/mol. The molecule has 0 aromatic carbocycles. The maximum Gasteiger partial charge on any atom is 0.307 e. The van der Waals surface area contributed by atoms with Crippen molar-refractivity contribution in [3.8, 4) is 6.07 Å². The number of nitrogens with zero attached hydrogens (tertiary/aromatic N) is 1. The topological polar surface area (TPSA) is 62.1 Å². The second-order valence-corrected chi connectivity index (χ2v) is 3.34. The van der Waals surface area contributed by atoms with Gasteiger partial charge in [0.1, 0.15) is 0 Å². The summed E-state index contributed by atoms with van der Waals surface area (Å²) in [6, 6.07) is 2.24. The molecule has 80 valence electrons. The summed E-state index contributed by atoms with van der Waals surface area (Å²) < 4.78 is 4.81. The fourth-order valence-corrected chi connectivity index (χ4v) is 1.21. The average Bonchev–Trinajstić information content (AvgIpc) is 2.03. The second kappa shape index (κ2) is 7.34. The summed E-state index contributed by atoms with van der Waals surface area (Å²) in [5.74, 6) is -0.198. The molecule has 4 nitrogen and oxygen atoms in total. The lowest BCUT2D eigenvalue weighted by Gasteiger charge is -2.16. The predicted molar refractivity (Wildman–Crippen MR) is 53.5 cm³/mol. The third kappa shape index (κ3) is 6.44. The Morgan fingerprint density at radius 2 is 2.14 bits per heavy atom. The average molecular weight is 198 g/mol. The zero-order chi connectivity index (χ0) is 11.0. The van der Waals surface area contributed by atoms with E-state index in [0.29, 0.717) is 19.4 Å². The Bertz CT molecular complexity index is 211. The van der Waals surface area contributed by atoms with E-state index in [2.05, 4.69) is 11.4 Å². The first kappa shape index (κ1) is 12.9. The van der Waals surface area contributed by atoms with Gasteiger partial charge in [-0.3, -0.25) is 4.79 Å². The molecule has 0 aliphatic carbocycles. The van der Waals surface area contributed by atoms with Gasteiger partial charge in [0.2, 0.25) is 0 Å². The molecule has 0 saturated heterocycles. The zero-order valence-electron chi connectivity index (χ0n) is 9.04. The molecule has 2 atom stereocenters. The number of esters is 1. The molecule has 0 fully saturated rings. The van der Waals surface area contributed by atoms with Crippen molar-refractivity contribution in [2.75, 3.05) is 6.61 Å². The van der Waals surface area contributed by atoms with Crippen molar-refractivity contribution in [1.29, 1.82) is 5.26 Å². The van der Waals surface area contributed by atoms with E-state index >= 15 is 0 Å². The van der Waals surface area contributed by atoms with Gasteiger partial charge in [-0.05, 0) is 20.8 Å². The van der Waals surface area contributed by atoms with Crippen molar-refractivity contribution in [1.82, 2.24) is 5.32 Å². The van der Waals surface area contributed by atoms with Gasteiger partial charge in [0.15, 0.2) is 0 Å². The van der Waals surface area contributed by atoms with Gasteiger partial charge in [-0.25, -0.2) is 0 Å². The van der Waals surface area contributed by atoms with E-state index in [4.69, 9.17) is 10.00 Å². The first-order chi connectivity index (χ1) is 6.60. The number of ether oxygens (including phenoxy) is 1. The van der Waals surface area contributed by atoms with Gasteiger partial charge in [0.05, 0.1) is 25.5 Å². The molecule has 1 N–H and O–H groups in total. The molecule has 0 radical (unpaired) electrons. The molecule has 0 spiro atoms. The van der Waals surface area contributed by atoms with Crippen molar-refractivity contribution in [3.63, 3.8) is 0 Å². The van der Waals surface area contributed by atoms with E-state index in [1.54, 1.807) is 6.92 Å². The third-order valence-corrected chi connectivity index (χ3v) is 1.74. The highest BCUT2D eigenvalue weighted by molar-refractivity contribution is 5.69. The minimum absolute atomic E-state index is 0.0531. The van der Waals surface area contributed by atoms with Crippen LogP contribution in [0.25, 0.3) is 0 Å². The van der Waals surface area contributed by atoms with Crippen molar-refractivity contribution >= 4 is 5.97 Å². The number of nitrogens with one attached hydrogen (secondary N) is 1. The Labute approximate surface area is 85.2 Å². The van der Waals surface area contributed by atoms with Crippen LogP contribution in [0.5, 0.6) is 0 Å². The molecule has 0 aromatic rings. The monoisotopic (exact) mass is 198 g/mol. The number of hydrogen-bond acceptors (Lipinski definition) is 4. The summed E-state index contributed by atoms with van der Waals surface area (Å²) in [5, 5.41) is 11.6. The summed E-state index contributed by atoms with van der Waals surface area (Å²) in [5.41, 5.74) is 0. The molecule has 0 bridgehead atoms. The minimum atomic E-state index is -0.198. The fourth-order valence-electron chi connectivity index (χ4n) is 1.21. The minimum Gasteiger partial charge on any atom is -0.466 e.